The number of para-hydroxylation sites is 1. The van der Waals surface area contributed by atoms with Crippen molar-refractivity contribution in [2.45, 2.75) is 13.3 Å². The van der Waals surface area contributed by atoms with Crippen molar-refractivity contribution < 1.29 is 22.4 Å². The molecule has 0 aliphatic rings. The Balaban J connectivity index is 2.20. The molecule has 0 atom stereocenters. The topological polar surface area (TPSA) is 95.6 Å². The molecule has 2 aromatic rings. The summed E-state index contributed by atoms with van der Waals surface area (Å²) >= 11 is 0. The molecule has 0 radical (unpaired) electrons. The average Bonchev–Trinajstić information content (AvgIpc) is 2.64. The van der Waals surface area contributed by atoms with E-state index in [1.807, 2.05) is 6.92 Å². The fourth-order valence-electron chi connectivity index (χ4n) is 2.45. The van der Waals surface area contributed by atoms with Crippen LogP contribution < -0.4 is 14.9 Å². The summed E-state index contributed by atoms with van der Waals surface area (Å²) in [6.45, 7) is 1.89. The summed E-state index contributed by atoms with van der Waals surface area (Å²) < 4.78 is 38.2. The van der Waals surface area contributed by atoms with E-state index in [1.165, 1.54) is 12.1 Å². The van der Waals surface area contributed by atoms with E-state index in [0.29, 0.717) is 6.54 Å². The van der Waals surface area contributed by atoms with Gasteiger partial charge in [0.1, 0.15) is 12.4 Å². The van der Waals surface area contributed by atoms with Gasteiger partial charge in [0.2, 0.25) is 15.9 Å². The van der Waals surface area contributed by atoms with Gasteiger partial charge in [-0.1, -0.05) is 19.1 Å². The Hall–Kier alpha value is -2.94. The van der Waals surface area contributed by atoms with Gasteiger partial charge in [-0.25, -0.2) is 12.8 Å². The van der Waals surface area contributed by atoms with Crippen LogP contribution in [0.15, 0.2) is 48.5 Å². The van der Waals surface area contributed by atoms with Crippen LogP contribution >= 0.6 is 0 Å². The van der Waals surface area contributed by atoms with Crippen LogP contribution in [0.3, 0.4) is 0 Å². The van der Waals surface area contributed by atoms with Crippen LogP contribution in [-0.2, 0) is 14.8 Å². The molecule has 0 fully saturated rings. The van der Waals surface area contributed by atoms with Crippen LogP contribution in [0.25, 0.3) is 0 Å². The highest BCUT2D eigenvalue weighted by Gasteiger charge is 2.22. The minimum absolute atomic E-state index is 0.160. The zero-order valence-electron chi connectivity index (χ0n) is 15.6. The van der Waals surface area contributed by atoms with Crippen molar-refractivity contribution in [1.29, 1.82) is 0 Å². The Morgan fingerprint density at radius 3 is 2.32 bits per heavy atom. The Morgan fingerprint density at radius 1 is 1.07 bits per heavy atom. The zero-order valence-corrected chi connectivity index (χ0v) is 16.4. The summed E-state index contributed by atoms with van der Waals surface area (Å²) in [5.74, 6) is -1.49. The Kier molecular flexibility index (Phi) is 7.11. The second-order valence-corrected chi connectivity index (χ2v) is 8.00. The highest BCUT2D eigenvalue weighted by molar-refractivity contribution is 7.92. The van der Waals surface area contributed by atoms with Gasteiger partial charge in [0.05, 0.1) is 23.2 Å². The van der Waals surface area contributed by atoms with Gasteiger partial charge >= 0.3 is 0 Å². The number of halogens is 1. The minimum Gasteiger partial charge on any atom is -0.352 e. The van der Waals surface area contributed by atoms with E-state index < -0.39 is 28.3 Å². The number of anilines is 2. The summed E-state index contributed by atoms with van der Waals surface area (Å²) in [7, 11) is -3.79. The molecule has 0 saturated heterocycles. The maximum atomic E-state index is 13.1. The molecular formula is C19H22FN3O4S. The first-order chi connectivity index (χ1) is 13.2. The third-order valence-corrected chi connectivity index (χ3v) is 4.92. The average molecular weight is 407 g/mol. The number of carbonyl (C=O) groups is 2. The Morgan fingerprint density at radius 2 is 1.71 bits per heavy atom. The fourth-order valence-corrected chi connectivity index (χ4v) is 3.31. The molecule has 0 unspecified atom stereocenters. The smallest absolute Gasteiger partial charge is 0.253 e. The van der Waals surface area contributed by atoms with Crippen molar-refractivity contribution in [3.8, 4) is 0 Å². The van der Waals surface area contributed by atoms with Crippen LogP contribution in [0.2, 0.25) is 0 Å². The number of hydrogen-bond acceptors (Lipinski definition) is 4. The molecule has 2 N–H and O–H groups in total. The number of sulfonamides is 1. The third kappa shape index (κ3) is 5.78. The highest BCUT2D eigenvalue weighted by Crippen LogP contribution is 2.19. The van der Waals surface area contributed by atoms with Crippen molar-refractivity contribution in [3.63, 3.8) is 0 Å². The normalized spacial score (nSPS) is 11.0. The first-order valence-electron chi connectivity index (χ1n) is 8.62. The Bertz CT molecular complexity index is 946. The van der Waals surface area contributed by atoms with Crippen LogP contribution in [0.4, 0.5) is 15.8 Å². The van der Waals surface area contributed by atoms with E-state index in [0.717, 1.165) is 29.1 Å². The van der Waals surface area contributed by atoms with Crippen LogP contribution in [0.1, 0.15) is 23.7 Å². The SMILES string of the molecule is CCCNC(=O)c1ccccc1NC(=O)CN(c1ccc(F)cc1)S(C)(=O)=O. The lowest BCUT2D eigenvalue weighted by Crippen LogP contribution is -2.37. The van der Waals surface area contributed by atoms with Crippen LogP contribution in [0.5, 0.6) is 0 Å². The van der Waals surface area contributed by atoms with Crippen LogP contribution in [0, 0.1) is 5.82 Å². The van der Waals surface area contributed by atoms with Gasteiger partial charge in [-0.05, 0) is 42.8 Å². The van der Waals surface area contributed by atoms with Crippen molar-refractivity contribution >= 4 is 33.2 Å². The molecule has 2 amide bonds. The predicted octanol–water partition coefficient (Wildman–Crippen LogP) is 2.37. The summed E-state index contributed by atoms with van der Waals surface area (Å²) in [5.41, 5.74) is 0.707. The Labute approximate surface area is 163 Å². The quantitative estimate of drug-likeness (QED) is 0.702. The molecule has 0 aromatic heterocycles. The third-order valence-electron chi connectivity index (χ3n) is 3.78. The number of hydrogen-bond donors (Lipinski definition) is 2. The van der Waals surface area contributed by atoms with E-state index in [4.69, 9.17) is 0 Å². The van der Waals surface area contributed by atoms with Gasteiger partial charge in [0, 0.05) is 6.54 Å². The lowest BCUT2D eigenvalue weighted by atomic mass is 10.1. The molecule has 0 spiro atoms. The second kappa shape index (κ2) is 9.32. The van der Waals surface area contributed by atoms with Crippen molar-refractivity contribution in [2.75, 3.05) is 29.0 Å². The van der Waals surface area contributed by atoms with E-state index in [1.54, 1.807) is 24.3 Å². The lowest BCUT2D eigenvalue weighted by Gasteiger charge is -2.22. The maximum Gasteiger partial charge on any atom is 0.253 e. The van der Waals surface area contributed by atoms with E-state index in [-0.39, 0.29) is 22.8 Å². The highest BCUT2D eigenvalue weighted by atomic mass is 32.2. The van der Waals surface area contributed by atoms with Crippen molar-refractivity contribution in [3.05, 3.63) is 59.9 Å². The van der Waals surface area contributed by atoms with Gasteiger partial charge in [0.15, 0.2) is 0 Å². The zero-order chi connectivity index (χ0) is 20.7. The van der Waals surface area contributed by atoms with Crippen molar-refractivity contribution in [1.82, 2.24) is 5.32 Å². The molecule has 2 rings (SSSR count). The molecule has 2 aromatic carbocycles. The molecule has 0 aliphatic carbocycles. The van der Waals surface area contributed by atoms with Crippen molar-refractivity contribution in [2.24, 2.45) is 0 Å². The van der Waals surface area contributed by atoms with Gasteiger partial charge in [-0.2, -0.15) is 0 Å². The molecule has 0 saturated carbocycles. The predicted molar refractivity (Wildman–Crippen MR) is 106 cm³/mol. The monoisotopic (exact) mass is 407 g/mol. The molecule has 0 aliphatic heterocycles. The molecule has 0 bridgehead atoms. The molecule has 0 heterocycles. The molecular weight excluding hydrogens is 385 g/mol. The fraction of sp³-hybridized carbons (Fsp3) is 0.263. The van der Waals surface area contributed by atoms with Gasteiger partial charge in [-0.3, -0.25) is 13.9 Å². The first kappa shape index (κ1) is 21.4. The summed E-state index contributed by atoms with van der Waals surface area (Å²) in [6, 6.07) is 11.2. The molecule has 150 valence electrons. The second-order valence-electron chi connectivity index (χ2n) is 6.10. The molecule has 7 nitrogen and oxygen atoms in total. The number of amides is 2. The number of rotatable bonds is 8. The minimum atomic E-state index is -3.79. The maximum absolute atomic E-state index is 13.1. The van der Waals surface area contributed by atoms with E-state index in [9.17, 15) is 22.4 Å². The summed E-state index contributed by atoms with van der Waals surface area (Å²) in [4.78, 5) is 24.7. The standard InChI is InChI=1S/C19H22FN3O4S/c1-3-12-21-19(25)16-6-4-5-7-17(16)22-18(24)13-23(28(2,26)27)15-10-8-14(20)9-11-15/h4-11H,3,12-13H2,1-2H3,(H,21,25)(H,22,24). The van der Waals surface area contributed by atoms with E-state index in [2.05, 4.69) is 10.6 Å². The van der Waals surface area contributed by atoms with Crippen LogP contribution in [-0.4, -0.2) is 39.6 Å². The molecule has 9 heteroatoms. The van der Waals surface area contributed by atoms with Gasteiger partial charge in [-0.15, -0.1) is 0 Å². The number of nitrogens with one attached hydrogen (secondary N) is 2. The van der Waals surface area contributed by atoms with E-state index >= 15 is 0 Å². The number of nitrogens with zero attached hydrogens (tertiary/aromatic N) is 1. The van der Waals surface area contributed by atoms with Gasteiger partial charge < -0.3 is 10.6 Å². The summed E-state index contributed by atoms with van der Waals surface area (Å²) in [5, 5.41) is 5.30. The largest absolute Gasteiger partial charge is 0.352 e. The van der Waals surface area contributed by atoms with Gasteiger partial charge in [0.25, 0.3) is 5.91 Å². The lowest BCUT2D eigenvalue weighted by molar-refractivity contribution is -0.114. The number of benzene rings is 2. The summed E-state index contributed by atoms with van der Waals surface area (Å²) in [6.07, 6.45) is 1.72. The number of carbonyl (C=O) groups excluding carboxylic acids is 2. The first-order valence-corrected chi connectivity index (χ1v) is 10.5. The molecule has 28 heavy (non-hydrogen) atoms.